The van der Waals surface area contributed by atoms with E-state index in [1.54, 1.807) is 36.7 Å². The van der Waals surface area contributed by atoms with Crippen molar-refractivity contribution in [1.29, 1.82) is 0 Å². The van der Waals surface area contributed by atoms with Gasteiger partial charge in [-0.05, 0) is 69.0 Å². The van der Waals surface area contributed by atoms with E-state index in [0.717, 1.165) is 34.6 Å². The third-order valence-corrected chi connectivity index (χ3v) is 6.84. The van der Waals surface area contributed by atoms with E-state index in [9.17, 15) is 34.8 Å². The molecule has 1 radical (unpaired) electrons. The largest absolute Gasteiger partial charge is 0.386 e. The molecule has 0 spiro atoms. The van der Waals surface area contributed by atoms with E-state index in [0.29, 0.717) is 20.1 Å². The SMILES string of the molecule is F[P-](F)(F)(F)(F)F.O=C1C(Br)=CC(Br)=C/C1=C/N[C@H]1CCCC[C@@H]1N/C=C1/C=C(Br)C=C(Br)C1=O.[Mn]. The first kappa shape index (κ1) is 33.9. The molecule has 203 valence electrons. The molecule has 0 unspecified atom stereocenters. The van der Waals surface area contributed by atoms with E-state index in [1.807, 2.05) is 0 Å². The molecule has 4 nitrogen and oxygen atoms in total. The first-order valence-electron chi connectivity index (χ1n) is 9.87. The fraction of sp³-hybridized carbons (Fsp3) is 0.300. The molecule has 2 N–H and O–H groups in total. The van der Waals surface area contributed by atoms with E-state index >= 15 is 0 Å². The molecular weight excluding hydrogens is 820 g/mol. The Balaban J connectivity index is 0.000000712. The van der Waals surface area contributed by atoms with E-state index in [1.165, 1.54) is 0 Å². The molecular formula is C20H18Br4F6MnN2O2P-. The van der Waals surface area contributed by atoms with Crippen LogP contribution in [-0.2, 0) is 26.7 Å². The number of rotatable bonds is 4. The zero-order chi connectivity index (χ0) is 26.7. The van der Waals surface area contributed by atoms with Gasteiger partial charge in [0.1, 0.15) is 0 Å². The fourth-order valence-corrected chi connectivity index (χ4v) is 5.81. The Morgan fingerprint density at radius 1 is 0.694 bits per heavy atom. The van der Waals surface area contributed by atoms with Crippen molar-refractivity contribution in [2.75, 3.05) is 0 Å². The summed E-state index contributed by atoms with van der Waals surface area (Å²) in [6, 6.07) is 0.348. The van der Waals surface area contributed by atoms with Crippen LogP contribution in [0.4, 0.5) is 25.2 Å². The summed E-state index contributed by atoms with van der Waals surface area (Å²) in [5, 5.41) is 6.82. The van der Waals surface area contributed by atoms with Gasteiger partial charge in [-0.3, -0.25) is 9.59 Å². The average molecular weight is 838 g/mol. The number of hydrogen-bond donors (Lipinski definition) is 2. The van der Waals surface area contributed by atoms with Gasteiger partial charge in [0, 0.05) is 61.7 Å². The van der Waals surface area contributed by atoms with Crippen LogP contribution in [0.3, 0.4) is 0 Å². The summed E-state index contributed by atoms with van der Waals surface area (Å²) >= 11 is 13.4. The average Bonchev–Trinajstić information content (AvgIpc) is 2.69. The predicted molar refractivity (Wildman–Crippen MR) is 140 cm³/mol. The van der Waals surface area contributed by atoms with Crippen molar-refractivity contribution in [3.8, 4) is 0 Å². The summed E-state index contributed by atoms with van der Waals surface area (Å²) in [5.74, 6) is -0.0878. The standard InChI is InChI=1S/C20H18Br4N2O2.F6P.Mn/c21-13-5-11(19(27)15(23)7-13)9-25-17-3-1-2-4-18(17)26-10-12-6-14(22)8-16(24)20(12)28;1-7(2,3,4,5)6;/h5-10,17-18,25-26H,1-4H2;;/q;-1;/b11-9-,12-10-;;/t17-,18-;;/m0../s1. The molecule has 0 saturated heterocycles. The molecule has 1 saturated carbocycles. The summed E-state index contributed by atoms with van der Waals surface area (Å²) in [7, 11) is -10.7. The van der Waals surface area contributed by atoms with Gasteiger partial charge >= 0.3 is 33.0 Å². The molecule has 36 heavy (non-hydrogen) atoms. The molecule has 0 amide bonds. The maximum atomic E-state index is 12.3. The predicted octanol–water partition coefficient (Wildman–Crippen LogP) is 8.91. The van der Waals surface area contributed by atoms with Crippen LogP contribution in [0.1, 0.15) is 25.7 Å². The second kappa shape index (κ2) is 12.3. The molecule has 0 aliphatic heterocycles. The van der Waals surface area contributed by atoms with Crippen LogP contribution < -0.4 is 10.6 Å². The molecule has 0 heterocycles. The van der Waals surface area contributed by atoms with Gasteiger partial charge in [0.2, 0.25) is 11.6 Å². The second-order valence-electron chi connectivity index (χ2n) is 7.69. The summed E-state index contributed by atoms with van der Waals surface area (Å²) in [4.78, 5) is 24.6. The van der Waals surface area contributed by atoms with Gasteiger partial charge in [0.15, 0.2) is 0 Å². The molecule has 0 bridgehead atoms. The van der Waals surface area contributed by atoms with Crippen molar-refractivity contribution in [2.24, 2.45) is 0 Å². The second-order valence-corrected chi connectivity index (χ2v) is 13.1. The normalized spacial score (nSPS) is 26.7. The maximum Gasteiger partial charge on any atom is 0.201 e. The van der Waals surface area contributed by atoms with Crippen molar-refractivity contribution < 1.29 is 51.8 Å². The Bertz CT molecular complexity index is 1020. The minimum atomic E-state index is -10.7. The Labute approximate surface area is 247 Å². The van der Waals surface area contributed by atoms with Crippen LogP contribution in [0, 0.1) is 0 Å². The number of nitrogens with one attached hydrogen (secondary N) is 2. The van der Waals surface area contributed by atoms with Crippen molar-refractivity contribution in [3.63, 3.8) is 0 Å². The van der Waals surface area contributed by atoms with E-state index in [-0.39, 0.29) is 40.7 Å². The van der Waals surface area contributed by atoms with Gasteiger partial charge in [-0.2, -0.15) is 0 Å². The minimum absolute atomic E-state index is 0. The van der Waals surface area contributed by atoms with Gasteiger partial charge in [-0.25, -0.2) is 0 Å². The number of carbonyl (C=O) groups excluding carboxylic acids is 2. The number of carbonyl (C=O) groups is 2. The minimum Gasteiger partial charge on any atom is -0.386 e. The van der Waals surface area contributed by atoms with Gasteiger partial charge < -0.3 is 10.6 Å². The molecule has 3 aliphatic rings. The number of halogens is 10. The topological polar surface area (TPSA) is 58.2 Å². The Kier molecular flexibility index (Phi) is 11.6. The molecule has 1 fully saturated rings. The summed E-state index contributed by atoms with van der Waals surface area (Å²) in [6.07, 6.45) is 14.9. The van der Waals surface area contributed by atoms with E-state index < -0.39 is 7.81 Å². The zero-order valence-electron chi connectivity index (χ0n) is 17.9. The van der Waals surface area contributed by atoms with Crippen LogP contribution in [0.15, 0.2) is 65.8 Å². The summed E-state index contributed by atoms with van der Waals surface area (Å²) in [5.41, 5.74) is 1.21. The smallest absolute Gasteiger partial charge is 0.201 e. The number of allylic oxidation sites excluding steroid dienone is 10. The Morgan fingerprint density at radius 2 is 1.00 bits per heavy atom. The van der Waals surface area contributed by atoms with E-state index in [2.05, 4.69) is 74.4 Å². The third-order valence-electron chi connectivity index (χ3n) is 4.75. The maximum absolute atomic E-state index is 12.3. The van der Waals surface area contributed by atoms with Gasteiger partial charge in [0.25, 0.3) is 0 Å². The monoisotopic (exact) mass is 834 g/mol. The molecule has 0 aromatic carbocycles. The van der Waals surface area contributed by atoms with Crippen LogP contribution >= 0.6 is 71.5 Å². The Morgan fingerprint density at radius 3 is 1.31 bits per heavy atom. The summed E-state index contributed by atoms with van der Waals surface area (Å²) < 4.78 is 62.0. The van der Waals surface area contributed by atoms with Crippen LogP contribution in [0.25, 0.3) is 0 Å². The van der Waals surface area contributed by atoms with Crippen molar-refractivity contribution >= 4 is 83.1 Å². The Hall–Kier alpha value is -0.171. The fourth-order valence-electron chi connectivity index (χ4n) is 3.30. The number of Topliss-reactive ketones (excluding diaryl/α,β-unsaturated/α-hetero) is 2. The molecule has 16 heteroatoms. The molecule has 0 aromatic heterocycles. The number of ketones is 2. The summed E-state index contributed by atoms with van der Waals surface area (Å²) in [6.45, 7) is 0. The van der Waals surface area contributed by atoms with Crippen LogP contribution in [0.5, 0.6) is 0 Å². The van der Waals surface area contributed by atoms with Gasteiger partial charge in [-0.15, -0.1) is 0 Å². The van der Waals surface area contributed by atoms with E-state index in [4.69, 9.17) is 0 Å². The first-order valence-corrected chi connectivity index (χ1v) is 15.1. The molecule has 3 rings (SSSR count). The van der Waals surface area contributed by atoms with Crippen LogP contribution in [0.2, 0.25) is 0 Å². The molecule has 0 aromatic rings. The quantitative estimate of drug-likeness (QED) is 0.129. The van der Waals surface area contributed by atoms with Crippen molar-refractivity contribution in [1.82, 2.24) is 10.6 Å². The van der Waals surface area contributed by atoms with Gasteiger partial charge in [0.05, 0.1) is 8.96 Å². The van der Waals surface area contributed by atoms with Crippen molar-refractivity contribution in [3.05, 3.63) is 65.8 Å². The van der Waals surface area contributed by atoms with Crippen molar-refractivity contribution in [2.45, 2.75) is 37.8 Å². The van der Waals surface area contributed by atoms with Crippen LogP contribution in [-0.4, -0.2) is 23.7 Å². The first-order chi connectivity index (χ1) is 15.8. The van der Waals surface area contributed by atoms with Gasteiger partial charge in [-0.1, -0.05) is 44.7 Å². The number of hydrogen-bond acceptors (Lipinski definition) is 4. The molecule has 3 aliphatic carbocycles. The zero-order valence-corrected chi connectivity index (χ0v) is 26.3. The third kappa shape index (κ3) is 13.1. The molecule has 2 atom stereocenters.